The van der Waals surface area contributed by atoms with Crippen molar-refractivity contribution in [1.29, 1.82) is 0 Å². The standard InChI is InChI=1S/C27H40N2O4Si/c1-34(2,3)13-12-33-17-22-25(30)11-10-24(26(22)31)29-16-20-15-18(8-9-21(20)27(29)32)14-19-6-4-5-7-23(19)28/h8-9,15,19,22-24H,4-7,10-14,16-17,28H2,1-3H3/t19-,22?,23+,24?/m1/s1. The van der Waals surface area contributed by atoms with Gasteiger partial charge in [0.05, 0.1) is 12.6 Å². The topological polar surface area (TPSA) is 89.7 Å². The predicted octanol–water partition coefficient (Wildman–Crippen LogP) is 3.97. The molecule has 6 nitrogen and oxygen atoms in total. The van der Waals surface area contributed by atoms with Crippen LogP contribution in [-0.4, -0.2) is 55.7 Å². The Bertz CT molecular complexity index is 941. The van der Waals surface area contributed by atoms with Crippen molar-refractivity contribution in [2.24, 2.45) is 17.6 Å². The van der Waals surface area contributed by atoms with E-state index in [1.165, 1.54) is 18.4 Å². The quantitative estimate of drug-likeness (QED) is 0.343. The van der Waals surface area contributed by atoms with Gasteiger partial charge in [-0.05, 0) is 54.8 Å². The molecule has 2 aliphatic carbocycles. The molecule has 186 valence electrons. The van der Waals surface area contributed by atoms with Gasteiger partial charge in [0.2, 0.25) is 0 Å². The first kappa shape index (κ1) is 25.3. The summed E-state index contributed by atoms with van der Waals surface area (Å²) in [5, 5.41) is 0. The number of Topliss-reactive ketones (excluding diaryl/α,β-unsaturated/α-hetero) is 2. The Hall–Kier alpha value is -1.83. The monoisotopic (exact) mass is 484 g/mol. The molecule has 1 aromatic rings. The summed E-state index contributed by atoms with van der Waals surface area (Å²) >= 11 is 0. The molecule has 2 saturated carbocycles. The second kappa shape index (κ2) is 10.4. The van der Waals surface area contributed by atoms with Gasteiger partial charge in [0, 0.05) is 39.3 Å². The first-order chi connectivity index (χ1) is 16.1. The van der Waals surface area contributed by atoms with E-state index in [0.717, 1.165) is 30.9 Å². The van der Waals surface area contributed by atoms with Crippen LogP contribution in [0, 0.1) is 11.8 Å². The van der Waals surface area contributed by atoms with Gasteiger partial charge >= 0.3 is 0 Å². The molecule has 1 aromatic carbocycles. The van der Waals surface area contributed by atoms with Gasteiger partial charge < -0.3 is 15.4 Å². The minimum atomic E-state index is -1.24. The van der Waals surface area contributed by atoms with Crippen molar-refractivity contribution in [3.8, 4) is 0 Å². The van der Waals surface area contributed by atoms with E-state index in [1.54, 1.807) is 4.90 Å². The van der Waals surface area contributed by atoms with Gasteiger partial charge in [-0.3, -0.25) is 14.4 Å². The van der Waals surface area contributed by atoms with Crippen LogP contribution >= 0.6 is 0 Å². The van der Waals surface area contributed by atoms with Gasteiger partial charge in [-0.1, -0.05) is 44.6 Å². The lowest BCUT2D eigenvalue weighted by Gasteiger charge is -2.33. The zero-order valence-electron chi connectivity index (χ0n) is 21.0. The molecule has 7 heteroatoms. The summed E-state index contributed by atoms with van der Waals surface area (Å²) in [5.41, 5.74) is 9.24. The lowest BCUT2D eigenvalue weighted by Crippen LogP contribution is -2.50. The van der Waals surface area contributed by atoms with Crippen molar-refractivity contribution >= 4 is 25.5 Å². The minimum absolute atomic E-state index is 0.0514. The van der Waals surface area contributed by atoms with Crippen LogP contribution in [0.3, 0.4) is 0 Å². The van der Waals surface area contributed by atoms with E-state index >= 15 is 0 Å². The molecule has 2 unspecified atom stereocenters. The Morgan fingerprint density at radius 1 is 1.09 bits per heavy atom. The molecule has 0 bridgehead atoms. The first-order valence-electron chi connectivity index (χ1n) is 13.0. The van der Waals surface area contributed by atoms with Crippen molar-refractivity contribution in [2.75, 3.05) is 13.2 Å². The lowest BCUT2D eigenvalue weighted by atomic mass is 9.81. The molecule has 34 heavy (non-hydrogen) atoms. The van der Waals surface area contributed by atoms with Crippen LogP contribution in [0.4, 0.5) is 0 Å². The molecule has 0 saturated heterocycles. The molecule has 0 radical (unpaired) electrons. The second-order valence-electron chi connectivity index (χ2n) is 11.7. The largest absolute Gasteiger partial charge is 0.381 e. The van der Waals surface area contributed by atoms with Crippen LogP contribution in [0.25, 0.3) is 0 Å². The van der Waals surface area contributed by atoms with Crippen molar-refractivity contribution < 1.29 is 19.1 Å². The molecule has 0 spiro atoms. The number of nitrogens with zero attached hydrogens (tertiary/aromatic N) is 1. The lowest BCUT2D eigenvalue weighted by molar-refractivity contribution is -0.142. The van der Waals surface area contributed by atoms with Gasteiger partial charge in [-0.15, -0.1) is 0 Å². The third-order valence-electron chi connectivity index (χ3n) is 7.85. The maximum absolute atomic E-state index is 13.3. The van der Waals surface area contributed by atoms with E-state index in [-0.39, 0.29) is 30.1 Å². The summed E-state index contributed by atoms with van der Waals surface area (Å²) < 4.78 is 5.77. The average Bonchev–Trinajstić information content (AvgIpc) is 3.09. The summed E-state index contributed by atoms with van der Waals surface area (Å²) in [7, 11) is -1.24. The molecule has 2 N–H and O–H groups in total. The highest BCUT2D eigenvalue weighted by Crippen LogP contribution is 2.33. The smallest absolute Gasteiger partial charge is 0.255 e. The highest BCUT2D eigenvalue weighted by atomic mass is 28.3. The first-order valence-corrected chi connectivity index (χ1v) is 16.7. The number of hydrogen-bond acceptors (Lipinski definition) is 5. The summed E-state index contributed by atoms with van der Waals surface area (Å²) in [4.78, 5) is 40.7. The molecule has 4 rings (SSSR count). The Morgan fingerprint density at radius 3 is 2.59 bits per heavy atom. The Balaban J connectivity index is 1.40. The fourth-order valence-electron chi connectivity index (χ4n) is 5.62. The maximum atomic E-state index is 13.3. The third kappa shape index (κ3) is 5.69. The minimum Gasteiger partial charge on any atom is -0.381 e. The van der Waals surface area contributed by atoms with Gasteiger partial charge in [0.25, 0.3) is 5.91 Å². The number of ketones is 2. The number of fused-ring (bicyclic) bond motifs is 1. The molecule has 1 aliphatic heterocycles. The van der Waals surface area contributed by atoms with Crippen LogP contribution in [0.1, 0.15) is 60.0 Å². The number of hydrogen-bond donors (Lipinski definition) is 1. The van der Waals surface area contributed by atoms with Crippen molar-refractivity contribution in [3.05, 3.63) is 34.9 Å². The Morgan fingerprint density at radius 2 is 1.85 bits per heavy atom. The average molecular weight is 485 g/mol. The third-order valence-corrected chi connectivity index (χ3v) is 9.55. The zero-order chi connectivity index (χ0) is 24.5. The molecular formula is C27H40N2O4Si. The Labute approximate surface area is 204 Å². The number of benzene rings is 1. The van der Waals surface area contributed by atoms with Crippen LogP contribution in [0.2, 0.25) is 25.7 Å². The molecule has 0 aromatic heterocycles. The van der Waals surface area contributed by atoms with Crippen LogP contribution in [0.5, 0.6) is 0 Å². The van der Waals surface area contributed by atoms with Crippen molar-refractivity contribution in [2.45, 2.75) is 89.3 Å². The van der Waals surface area contributed by atoms with E-state index in [4.69, 9.17) is 10.5 Å². The van der Waals surface area contributed by atoms with E-state index in [0.29, 0.717) is 37.5 Å². The predicted molar refractivity (Wildman–Crippen MR) is 135 cm³/mol. The fourth-order valence-corrected chi connectivity index (χ4v) is 6.37. The van der Waals surface area contributed by atoms with Crippen LogP contribution < -0.4 is 5.73 Å². The normalized spacial score (nSPS) is 27.9. The number of rotatable bonds is 8. The SMILES string of the molecule is C[Si](C)(C)CCOCC1C(=O)CCC(N2Cc3cc(C[C@H]4CCCC[C@@H]4N)ccc3C2=O)C1=O. The summed E-state index contributed by atoms with van der Waals surface area (Å²) in [6.45, 7) is 7.98. The summed E-state index contributed by atoms with van der Waals surface area (Å²) in [6.07, 6.45) is 6.38. The number of nitrogens with two attached hydrogens (primary N) is 1. The number of carbonyl (C=O) groups excluding carboxylic acids is 3. The molecule has 4 atom stereocenters. The molecule has 1 amide bonds. The van der Waals surface area contributed by atoms with Gasteiger partial charge in [0.1, 0.15) is 11.7 Å². The highest BCUT2D eigenvalue weighted by molar-refractivity contribution is 6.76. The molecule has 3 aliphatic rings. The van der Waals surface area contributed by atoms with E-state index in [2.05, 4.69) is 25.7 Å². The zero-order valence-corrected chi connectivity index (χ0v) is 22.0. The molecular weight excluding hydrogens is 444 g/mol. The number of amides is 1. The number of ether oxygens (including phenoxy) is 1. The van der Waals surface area contributed by atoms with Crippen molar-refractivity contribution in [3.63, 3.8) is 0 Å². The van der Waals surface area contributed by atoms with Gasteiger partial charge in [0.15, 0.2) is 5.78 Å². The highest BCUT2D eigenvalue weighted by Gasteiger charge is 2.44. The summed E-state index contributed by atoms with van der Waals surface area (Å²) in [6, 6.07) is 6.80. The second-order valence-corrected chi connectivity index (χ2v) is 17.3. The van der Waals surface area contributed by atoms with E-state index in [1.807, 2.05) is 12.1 Å². The molecule has 1 heterocycles. The van der Waals surface area contributed by atoms with Crippen LogP contribution in [0.15, 0.2) is 18.2 Å². The Kier molecular flexibility index (Phi) is 7.74. The van der Waals surface area contributed by atoms with E-state index < -0.39 is 20.0 Å². The van der Waals surface area contributed by atoms with Crippen LogP contribution in [-0.2, 0) is 27.3 Å². The van der Waals surface area contributed by atoms with Crippen molar-refractivity contribution in [1.82, 2.24) is 4.90 Å². The van der Waals surface area contributed by atoms with E-state index in [9.17, 15) is 14.4 Å². The number of carbonyl (C=O) groups is 3. The molecule has 2 fully saturated rings. The van der Waals surface area contributed by atoms with Gasteiger partial charge in [-0.2, -0.15) is 0 Å². The van der Waals surface area contributed by atoms with Gasteiger partial charge in [-0.25, -0.2) is 0 Å². The fraction of sp³-hybridized carbons (Fsp3) is 0.667. The maximum Gasteiger partial charge on any atom is 0.255 e. The summed E-state index contributed by atoms with van der Waals surface area (Å²) in [5.74, 6) is -0.557.